The maximum atomic E-state index is 13.8. The zero-order valence-corrected chi connectivity index (χ0v) is 11.4. The van der Waals surface area contributed by atoms with Crippen molar-refractivity contribution in [3.63, 3.8) is 0 Å². The summed E-state index contributed by atoms with van der Waals surface area (Å²) >= 11 is 4.70. The maximum Gasteiger partial charge on any atom is 0.321 e. The molecule has 0 saturated carbocycles. The monoisotopic (exact) mass is 319 g/mol. The first-order chi connectivity index (χ1) is 7.92. The summed E-state index contributed by atoms with van der Waals surface area (Å²) in [5.74, 6) is -0.809. The second-order valence-electron chi connectivity index (χ2n) is 4.00. The summed E-state index contributed by atoms with van der Waals surface area (Å²) in [6.07, 6.45) is 0. The largest absolute Gasteiger partial charge is 0.480 e. The fourth-order valence-electron chi connectivity index (χ4n) is 1.82. The minimum absolute atomic E-state index is 0.332. The molecule has 1 aliphatic heterocycles. The minimum atomic E-state index is -0.906. The topological polar surface area (TPSA) is 49.3 Å². The summed E-state index contributed by atoms with van der Waals surface area (Å²) in [5, 5.41) is 11.9. The van der Waals surface area contributed by atoms with E-state index in [9.17, 15) is 9.18 Å². The van der Waals surface area contributed by atoms with Crippen molar-refractivity contribution in [2.75, 3.05) is 5.75 Å². The van der Waals surface area contributed by atoms with Crippen LogP contribution in [0.4, 0.5) is 4.39 Å². The van der Waals surface area contributed by atoms with Gasteiger partial charge in [-0.3, -0.25) is 10.1 Å². The van der Waals surface area contributed by atoms with Crippen molar-refractivity contribution in [3.05, 3.63) is 34.1 Å². The zero-order valence-electron chi connectivity index (χ0n) is 9.04. The van der Waals surface area contributed by atoms with Crippen molar-refractivity contribution in [1.82, 2.24) is 5.32 Å². The molecule has 1 saturated heterocycles. The van der Waals surface area contributed by atoms with Crippen molar-refractivity contribution in [2.45, 2.75) is 17.8 Å². The lowest BCUT2D eigenvalue weighted by Gasteiger charge is -2.25. The van der Waals surface area contributed by atoms with Crippen LogP contribution in [-0.4, -0.2) is 22.9 Å². The Morgan fingerprint density at radius 1 is 1.71 bits per heavy atom. The van der Waals surface area contributed by atoms with Crippen LogP contribution in [0.1, 0.15) is 12.5 Å². The third-order valence-electron chi connectivity index (χ3n) is 2.73. The molecule has 0 amide bonds. The highest BCUT2D eigenvalue weighted by molar-refractivity contribution is 9.10. The standard InChI is InChI=1S/C11H11BrFNO2S/c1-11(14-9(5-17-11)10(15)16)7-4-6(12)2-3-8(7)13/h2-4,9,14H,5H2,1H3,(H,15,16). The Balaban J connectivity index is 2.33. The maximum absolute atomic E-state index is 13.8. The van der Waals surface area contributed by atoms with E-state index in [0.717, 1.165) is 4.47 Å². The van der Waals surface area contributed by atoms with Crippen LogP contribution in [0.25, 0.3) is 0 Å². The molecular weight excluding hydrogens is 309 g/mol. The van der Waals surface area contributed by atoms with Crippen molar-refractivity contribution < 1.29 is 14.3 Å². The van der Waals surface area contributed by atoms with Crippen molar-refractivity contribution in [2.24, 2.45) is 0 Å². The minimum Gasteiger partial charge on any atom is -0.480 e. The van der Waals surface area contributed by atoms with Gasteiger partial charge in [0.2, 0.25) is 0 Å². The number of carboxylic acid groups (broad SMARTS) is 1. The second kappa shape index (κ2) is 4.59. The van der Waals surface area contributed by atoms with E-state index < -0.39 is 16.9 Å². The van der Waals surface area contributed by atoms with Crippen molar-refractivity contribution >= 4 is 33.7 Å². The molecule has 1 fully saturated rings. The fourth-order valence-corrected chi connectivity index (χ4v) is 3.44. The summed E-state index contributed by atoms with van der Waals surface area (Å²) in [5.41, 5.74) is 0.473. The van der Waals surface area contributed by atoms with Crippen LogP contribution < -0.4 is 5.32 Å². The summed E-state index contributed by atoms with van der Waals surface area (Å²) < 4.78 is 14.5. The van der Waals surface area contributed by atoms with Crippen LogP contribution in [0.15, 0.2) is 22.7 Å². The van der Waals surface area contributed by atoms with Crippen LogP contribution in [-0.2, 0) is 9.67 Å². The number of carbonyl (C=O) groups is 1. The molecule has 2 atom stereocenters. The van der Waals surface area contributed by atoms with E-state index in [1.165, 1.54) is 17.8 Å². The highest BCUT2D eigenvalue weighted by Crippen LogP contribution is 2.41. The van der Waals surface area contributed by atoms with E-state index in [4.69, 9.17) is 5.11 Å². The number of hydrogen-bond acceptors (Lipinski definition) is 3. The summed E-state index contributed by atoms with van der Waals surface area (Å²) in [6.45, 7) is 1.80. The Morgan fingerprint density at radius 3 is 3.00 bits per heavy atom. The Morgan fingerprint density at radius 2 is 2.41 bits per heavy atom. The number of halogens is 2. The van der Waals surface area contributed by atoms with Gasteiger partial charge in [0.15, 0.2) is 0 Å². The molecule has 1 aromatic carbocycles. The predicted octanol–water partition coefficient (Wildman–Crippen LogP) is 2.55. The molecule has 1 aromatic rings. The summed E-state index contributed by atoms with van der Waals surface area (Å²) in [7, 11) is 0. The van der Waals surface area contributed by atoms with Gasteiger partial charge in [-0.05, 0) is 25.1 Å². The number of thioether (sulfide) groups is 1. The molecule has 2 N–H and O–H groups in total. The van der Waals surface area contributed by atoms with Gasteiger partial charge < -0.3 is 5.11 Å². The molecule has 0 aromatic heterocycles. The molecule has 0 aliphatic carbocycles. The van der Waals surface area contributed by atoms with Gasteiger partial charge in [-0.15, -0.1) is 11.8 Å². The van der Waals surface area contributed by atoms with E-state index in [1.807, 2.05) is 0 Å². The molecule has 1 aliphatic rings. The quantitative estimate of drug-likeness (QED) is 0.879. The number of benzene rings is 1. The molecule has 6 heteroatoms. The average Bonchev–Trinajstić information content (AvgIpc) is 2.66. The molecule has 2 unspecified atom stereocenters. The third-order valence-corrected chi connectivity index (χ3v) is 4.64. The normalized spacial score (nSPS) is 28.3. The average molecular weight is 320 g/mol. The fraction of sp³-hybridized carbons (Fsp3) is 0.364. The van der Waals surface area contributed by atoms with E-state index in [0.29, 0.717) is 11.3 Å². The van der Waals surface area contributed by atoms with Gasteiger partial charge in [0.25, 0.3) is 0 Å². The van der Waals surface area contributed by atoms with E-state index >= 15 is 0 Å². The van der Waals surface area contributed by atoms with Crippen LogP contribution in [0.5, 0.6) is 0 Å². The van der Waals surface area contributed by atoms with Crippen molar-refractivity contribution in [3.8, 4) is 0 Å². The predicted molar refractivity (Wildman–Crippen MR) is 68.5 cm³/mol. The number of hydrogen-bond donors (Lipinski definition) is 2. The first-order valence-corrected chi connectivity index (χ1v) is 6.80. The van der Waals surface area contributed by atoms with Gasteiger partial charge in [-0.1, -0.05) is 15.9 Å². The lowest BCUT2D eigenvalue weighted by Crippen LogP contribution is -2.41. The molecule has 0 spiro atoms. The lowest BCUT2D eigenvalue weighted by molar-refractivity contribution is -0.138. The molecule has 2 rings (SSSR count). The molecule has 0 bridgehead atoms. The lowest BCUT2D eigenvalue weighted by atomic mass is 10.1. The molecular formula is C11H11BrFNO2S. The molecule has 92 valence electrons. The van der Waals surface area contributed by atoms with Crippen LogP contribution in [0.3, 0.4) is 0 Å². The number of carboxylic acids is 1. The highest BCUT2D eigenvalue weighted by atomic mass is 79.9. The van der Waals surface area contributed by atoms with Crippen LogP contribution >= 0.6 is 27.7 Å². The van der Waals surface area contributed by atoms with Gasteiger partial charge >= 0.3 is 5.97 Å². The van der Waals surface area contributed by atoms with Gasteiger partial charge in [0.05, 0.1) is 4.87 Å². The van der Waals surface area contributed by atoms with Crippen LogP contribution in [0, 0.1) is 5.82 Å². The number of nitrogens with one attached hydrogen (secondary N) is 1. The second-order valence-corrected chi connectivity index (χ2v) is 6.36. The van der Waals surface area contributed by atoms with E-state index in [2.05, 4.69) is 21.2 Å². The third kappa shape index (κ3) is 2.48. The Hall–Kier alpha value is -0.590. The summed E-state index contributed by atoms with van der Waals surface area (Å²) in [6, 6.07) is 4.04. The molecule has 1 heterocycles. The Kier molecular flexibility index (Phi) is 3.47. The van der Waals surface area contributed by atoms with Gasteiger partial charge in [0.1, 0.15) is 11.9 Å². The first-order valence-electron chi connectivity index (χ1n) is 5.02. The zero-order chi connectivity index (χ0) is 12.6. The molecule has 3 nitrogen and oxygen atoms in total. The number of aliphatic carboxylic acids is 1. The van der Waals surface area contributed by atoms with Gasteiger partial charge in [-0.25, -0.2) is 4.39 Å². The Labute approximate surface area is 111 Å². The van der Waals surface area contributed by atoms with Crippen molar-refractivity contribution in [1.29, 1.82) is 0 Å². The van der Waals surface area contributed by atoms with E-state index in [-0.39, 0.29) is 5.82 Å². The first kappa shape index (κ1) is 12.9. The number of rotatable bonds is 2. The van der Waals surface area contributed by atoms with E-state index in [1.54, 1.807) is 19.1 Å². The SMILES string of the molecule is CC1(c2cc(Br)ccc2F)NC(C(=O)O)CS1. The molecule has 17 heavy (non-hydrogen) atoms. The highest BCUT2D eigenvalue weighted by Gasteiger charge is 2.41. The van der Waals surface area contributed by atoms with Crippen LogP contribution in [0.2, 0.25) is 0 Å². The van der Waals surface area contributed by atoms with Gasteiger partial charge in [-0.2, -0.15) is 0 Å². The smallest absolute Gasteiger partial charge is 0.321 e. The van der Waals surface area contributed by atoms with Gasteiger partial charge in [0, 0.05) is 15.8 Å². The summed E-state index contributed by atoms with van der Waals surface area (Å²) in [4.78, 5) is 10.2. The molecule has 0 radical (unpaired) electrons. The Bertz CT molecular complexity index is 471.